The highest BCUT2D eigenvalue weighted by atomic mass is 32.1. The number of carboxylic acid groups (broad SMARTS) is 1. The summed E-state index contributed by atoms with van der Waals surface area (Å²) in [5.41, 5.74) is 2.24. The third-order valence-electron chi connectivity index (χ3n) is 3.91. The van der Waals surface area contributed by atoms with Gasteiger partial charge >= 0.3 is 5.97 Å². The average Bonchev–Trinajstić information content (AvgIpc) is 3.06. The minimum Gasteiger partial charge on any atom is -0.481 e. The Morgan fingerprint density at radius 3 is 2.62 bits per heavy atom. The van der Waals surface area contributed by atoms with Crippen LogP contribution in [-0.4, -0.2) is 38.9 Å². The van der Waals surface area contributed by atoms with Crippen molar-refractivity contribution in [2.75, 3.05) is 18.0 Å². The fourth-order valence-corrected chi connectivity index (χ4v) is 3.75. The maximum atomic E-state index is 11.1. The van der Waals surface area contributed by atoms with Crippen LogP contribution in [0, 0.1) is 19.8 Å². The van der Waals surface area contributed by atoms with Crippen LogP contribution in [0.3, 0.4) is 0 Å². The lowest BCUT2D eigenvalue weighted by Crippen LogP contribution is -2.38. The number of nitrogens with zero attached hydrogens (tertiary/aromatic N) is 4. The lowest BCUT2D eigenvalue weighted by atomic mass is 9.99. The number of aromatic nitrogens is 3. The number of carbonyl (C=O) groups is 1. The van der Waals surface area contributed by atoms with E-state index in [1.807, 2.05) is 18.7 Å². The number of hydrogen-bond acceptors (Lipinski definition) is 5. The van der Waals surface area contributed by atoms with Gasteiger partial charge in [0.25, 0.3) is 0 Å². The van der Waals surface area contributed by atoms with Gasteiger partial charge in [-0.3, -0.25) is 9.36 Å². The lowest BCUT2D eigenvalue weighted by Gasteiger charge is -2.29. The molecule has 1 saturated heterocycles. The Kier molecular flexibility index (Phi) is 3.67. The fourth-order valence-electron chi connectivity index (χ4n) is 2.75. The smallest absolute Gasteiger partial charge is 0.308 e. The summed E-state index contributed by atoms with van der Waals surface area (Å²) in [7, 11) is 0. The summed E-state index contributed by atoms with van der Waals surface area (Å²) in [6, 6.07) is 4.11. The molecule has 1 N–H and O–H groups in total. The van der Waals surface area contributed by atoms with Gasteiger partial charge in [-0.2, -0.15) is 0 Å². The Hall–Kier alpha value is -1.89. The zero-order chi connectivity index (χ0) is 15.0. The predicted octanol–water partition coefficient (Wildman–Crippen LogP) is 2.25. The van der Waals surface area contributed by atoms with Crippen LogP contribution in [0.1, 0.15) is 24.2 Å². The van der Waals surface area contributed by atoms with Gasteiger partial charge in [0.15, 0.2) is 0 Å². The molecule has 2 aromatic rings. The molecule has 0 spiro atoms. The first-order valence-corrected chi connectivity index (χ1v) is 7.84. The second-order valence-electron chi connectivity index (χ2n) is 5.44. The molecule has 3 rings (SSSR count). The highest BCUT2D eigenvalue weighted by molar-refractivity contribution is 7.17. The van der Waals surface area contributed by atoms with Crippen molar-refractivity contribution in [1.29, 1.82) is 0 Å². The number of carboxylic acids is 1. The summed E-state index contributed by atoms with van der Waals surface area (Å²) in [5, 5.41) is 19.3. The monoisotopic (exact) mass is 306 g/mol. The molecule has 1 fully saturated rings. The van der Waals surface area contributed by atoms with Crippen molar-refractivity contribution >= 4 is 22.4 Å². The number of aliphatic carboxylic acids is 1. The quantitative estimate of drug-likeness (QED) is 0.941. The number of hydrogen-bond donors (Lipinski definition) is 1. The Balaban J connectivity index is 1.83. The Labute approximate surface area is 127 Å². The molecule has 0 saturated carbocycles. The third kappa shape index (κ3) is 2.65. The van der Waals surface area contributed by atoms with Gasteiger partial charge in [-0.1, -0.05) is 11.3 Å². The van der Waals surface area contributed by atoms with E-state index in [9.17, 15) is 4.79 Å². The number of rotatable bonds is 3. The summed E-state index contributed by atoms with van der Waals surface area (Å²) in [6.45, 7) is 5.44. The van der Waals surface area contributed by atoms with Crippen molar-refractivity contribution in [3.8, 4) is 5.13 Å². The van der Waals surface area contributed by atoms with Crippen LogP contribution >= 0.6 is 11.3 Å². The van der Waals surface area contributed by atoms with E-state index < -0.39 is 5.97 Å². The van der Waals surface area contributed by atoms with Crippen molar-refractivity contribution in [3.63, 3.8) is 0 Å². The molecule has 6 nitrogen and oxygen atoms in total. The van der Waals surface area contributed by atoms with Gasteiger partial charge in [0, 0.05) is 24.5 Å². The molecule has 112 valence electrons. The molecule has 0 unspecified atom stereocenters. The topological polar surface area (TPSA) is 71.2 Å². The van der Waals surface area contributed by atoms with Crippen molar-refractivity contribution in [2.24, 2.45) is 5.92 Å². The van der Waals surface area contributed by atoms with Crippen LogP contribution < -0.4 is 4.90 Å². The number of piperidine rings is 1. The maximum absolute atomic E-state index is 11.1. The van der Waals surface area contributed by atoms with E-state index in [0.717, 1.165) is 41.0 Å². The molecule has 3 heterocycles. The van der Waals surface area contributed by atoms with E-state index in [1.165, 1.54) is 11.3 Å². The summed E-state index contributed by atoms with van der Waals surface area (Å²) in [4.78, 5) is 13.2. The molecule has 21 heavy (non-hydrogen) atoms. The van der Waals surface area contributed by atoms with Gasteiger partial charge in [0.2, 0.25) is 10.3 Å². The van der Waals surface area contributed by atoms with Gasteiger partial charge in [0.1, 0.15) is 0 Å². The molecule has 1 aliphatic heterocycles. The fraction of sp³-hybridized carbons (Fsp3) is 0.500. The van der Waals surface area contributed by atoms with Gasteiger partial charge < -0.3 is 10.0 Å². The molecule has 0 radical (unpaired) electrons. The van der Waals surface area contributed by atoms with Gasteiger partial charge in [0.05, 0.1) is 5.92 Å². The standard InChI is InChI=1S/C14H18N4O2S/c1-9-5-6-10(2)18(9)14-16-15-13(21-14)17-7-3-4-11(8-17)12(19)20/h5-6,11H,3-4,7-8H2,1-2H3,(H,19,20)/t11-/m1/s1. The molecule has 0 aliphatic carbocycles. The highest BCUT2D eigenvalue weighted by Gasteiger charge is 2.27. The normalized spacial score (nSPS) is 19.0. The molecule has 2 aromatic heterocycles. The first-order chi connectivity index (χ1) is 10.1. The van der Waals surface area contributed by atoms with Crippen LogP contribution in [0.15, 0.2) is 12.1 Å². The Bertz CT molecular complexity index is 644. The van der Waals surface area contributed by atoms with E-state index >= 15 is 0 Å². The second kappa shape index (κ2) is 5.48. The van der Waals surface area contributed by atoms with E-state index in [-0.39, 0.29) is 5.92 Å². The zero-order valence-corrected chi connectivity index (χ0v) is 12.9. The van der Waals surface area contributed by atoms with Gasteiger partial charge in [-0.25, -0.2) is 0 Å². The SMILES string of the molecule is Cc1ccc(C)n1-c1nnc(N2CCC[C@@H](C(=O)O)C2)s1. The largest absolute Gasteiger partial charge is 0.481 e. The van der Waals surface area contributed by atoms with Crippen LogP contribution in [0.5, 0.6) is 0 Å². The minimum atomic E-state index is -0.721. The summed E-state index contributed by atoms with van der Waals surface area (Å²) < 4.78 is 2.07. The maximum Gasteiger partial charge on any atom is 0.308 e. The van der Waals surface area contributed by atoms with Crippen molar-refractivity contribution < 1.29 is 9.90 Å². The number of anilines is 1. The van der Waals surface area contributed by atoms with Gasteiger partial charge in [-0.05, 0) is 38.8 Å². The van der Waals surface area contributed by atoms with E-state index in [4.69, 9.17) is 5.11 Å². The zero-order valence-electron chi connectivity index (χ0n) is 12.1. The molecule has 0 amide bonds. The number of aryl methyl sites for hydroxylation is 2. The van der Waals surface area contributed by atoms with Crippen molar-refractivity contribution in [3.05, 3.63) is 23.5 Å². The molecular formula is C14H18N4O2S. The van der Waals surface area contributed by atoms with Gasteiger partial charge in [-0.15, -0.1) is 10.2 Å². The van der Waals surface area contributed by atoms with Crippen molar-refractivity contribution in [2.45, 2.75) is 26.7 Å². The summed E-state index contributed by atoms with van der Waals surface area (Å²) in [5.74, 6) is -1.03. The van der Waals surface area contributed by atoms with Crippen molar-refractivity contribution in [1.82, 2.24) is 14.8 Å². The third-order valence-corrected chi connectivity index (χ3v) is 4.88. The predicted molar refractivity (Wildman–Crippen MR) is 81.3 cm³/mol. The van der Waals surface area contributed by atoms with Crippen LogP contribution in [0.2, 0.25) is 0 Å². The molecular weight excluding hydrogens is 288 g/mol. The average molecular weight is 306 g/mol. The second-order valence-corrected chi connectivity index (χ2v) is 6.38. The van der Waals surface area contributed by atoms with E-state index in [0.29, 0.717) is 6.54 Å². The highest BCUT2D eigenvalue weighted by Crippen LogP contribution is 2.29. The van der Waals surface area contributed by atoms with Crippen LogP contribution in [0.4, 0.5) is 5.13 Å². The Morgan fingerprint density at radius 2 is 1.95 bits per heavy atom. The lowest BCUT2D eigenvalue weighted by molar-refractivity contribution is -0.141. The van der Waals surface area contributed by atoms with Crippen LogP contribution in [0.25, 0.3) is 5.13 Å². The molecule has 1 atom stereocenters. The summed E-state index contributed by atoms with van der Waals surface area (Å²) >= 11 is 1.51. The molecule has 1 aliphatic rings. The van der Waals surface area contributed by atoms with E-state index in [1.54, 1.807) is 0 Å². The molecule has 0 aromatic carbocycles. The first kappa shape index (κ1) is 14.1. The Morgan fingerprint density at radius 1 is 1.29 bits per heavy atom. The first-order valence-electron chi connectivity index (χ1n) is 7.03. The molecule has 0 bridgehead atoms. The summed E-state index contributed by atoms with van der Waals surface area (Å²) in [6.07, 6.45) is 1.63. The molecule has 7 heteroatoms. The minimum absolute atomic E-state index is 0.304. The van der Waals surface area contributed by atoms with E-state index in [2.05, 4.69) is 26.9 Å². The van der Waals surface area contributed by atoms with Crippen LogP contribution in [-0.2, 0) is 4.79 Å².